The molecule has 3 aromatic carbocycles. The Morgan fingerprint density at radius 2 is 1.47 bits per heavy atom. The van der Waals surface area contributed by atoms with Crippen LogP contribution in [0.5, 0.6) is 17.2 Å². The Labute approximate surface area is 228 Å². The molecule has 0 aromatic heterocycles. The molecule has 1 aliphatic heterocycles. The van der Waals surface area contributed by atoms with Gasteiger partial charge < -0.3 is 19.8 Å². The van der Waals surface area contributed by atoms with Gasteiger partial charge in [0.1, 0.15) is 23.9 Å². The third-order valence-electron chi connectivity index (χ3n) is 7.58. The summed E-state index contributed by atoms with van der Waals surface area (Å²) in [5.74, 6) is 1.65. The molecule has 0 atom stereocenters. The van der Waals surface area contributed by atoms with E-state index < -0.39 is 0 Å². The fourth-order valence-electron chi connectivity index (χ4n) is 5.36. The fraction of sp³-hybridized carbons (Fsp3) is 0.455. The van der Waals surface area contributed by atoms with Crippen LogP contribution in [0.2, 0.25) is 0 Å². The molecule has 204 valence electrons. The van der Waals surface area contributed by atoms with Gasteiger partial charge in [-0.05, 0) is 112 Å². The van der Waals surface area contributed by atoms with Crippen molar-refractivity contribution in [2.75, 3.05) is 37.7 Å². The van der Waals surface area contributed by atoms with E-state index in [9.17, 15) is 10.2 Å². The summed E-state index contributed by atoms with van der Waals surface area (Å²) in [4.78, 5) is 4.77. The number of anilines is 1. The predicted molar refractivity (Wildman–Crippen MR) is 156 cm³/mol. The number of nitrogens with zero attached hydrogens (tertiary/aromatic N) is 2. The van der Waals surface area contributed by atoms with Crippen LogP contribution in [0.3, 0.4) is 0 Å². The van der Waals surface area contributed by atoms with Gasteiger partial charge in [-0.25, -0.2) is 0 Å². The molecule has 3 aromatic rings. The summed E-state index contributed by atoms with van der Waals surface area (Å²) in [5, 5.41) is 18.9. The number of phenols is 2. The van der Waals surface area contributed by atoms with Gasteiger partial charge in [-0.2, -0.15) is 0 Å². The summed E-state index contributed by atoms with van der Waals surface area (Å²) in [6, 6.07) is 21.5. The van der Waals surface area contributed by atoms with Crippen LogP contribution in [0.4, 0.5) is 5.69 Å². The topological polar surface area (TPSA) is 56.2 Å². The van der Waals surface area contributed by atoms with Gasteiger partial charge in [0.05, 0.1) is 0 Å². The molecular weight excluding hydrogens is 472 g/mol. The van der Waals surface area contributed by atoms with Gasteiger partial charge in [0.15, 0.2) is 0 Å². The summed E-state index contributed by atoms with van der Waals surface area (Å²) < 4.78 is 5.95. The number of fused-ring (bicyclic) bond motifs is 1. The summed E-state index contributed by atoms with van der Waals surface area (Å²) >= 11 is 0. The van der Waals surface area contributed by atoms with Crippen LogP contribution in [-0.4, -0.2) is 47.9 Å². The van der Waals surface area contributed by atoms with Gasteiger partial charge in [0.2, 0.25) is 0 Å². The molecule has 0 radical (unpaired) electrons. The van der Waals surface area contributed by atoms with Crippen LogP contribution in [0.15, 0.2) is 66.7 Å². The zero-order chi connectivity index (χ0) is 26.6. The van der Waals surface area contributed by atoms with Gasteiger partial charge in [0.25, 0.3) is 0 Å². The fourth-order valence-corrected chi connectivity index (χ4v) is 5.36. The van der Waals surface area contributed by atoms with Crippen LogP contribution < -0.4 is 9.64 Å². The van der Waals surface area contributed by atoms with Gasteiger partial charge in [0, 0.05) is 31.4 Å². The standard InChI is InChI=1S/C23H32N2O2.C10H12O/c1-2-25(21-8-7-9-22(26)18-21)19-20-10-12-23(13-11-20)27-17-16-24-14-5-3-4-6-15-24;11-10-6-5-8-3-1-2-4-9(8)7-10/h7-13,18,26H,2-6,14-17,19H2,1H3;5-7,11H,1-4H2. The van der Waals surface area contributed by atoms with Crippen LogP contribution >= 0.6 is 0 Å². The molecule has 1 heterocycles. The van der Waals surface area contributed by atoms with E-state index in [1.165, 1.54) is 74.7 Å². The highest BCUT2D eigenvalue weighted by molar-refractivity contribution is 5.50. The molecule has 1 fully saturated rings. The van der Waals surface area contributed by atoms with Crippen molar-refractivity contribution in [1.29, 1.82) is 0 Å². The van der Waals surface area contributed by atoms with E-state index in [0.29, 0.717) is 11.5 Å². The minimum atomic E-state index is 0.305. The molecule has 0 saturated carbocycles. The highest BCUT2D eigenvalue weighted by atomic mass is 16.5. The number of likely N-dealkylation sites (tertiary alicyclic amines) is 1. The number of aromatic hydroxyl groups is 2. The Morgan fingerprint density at radius 1 is 0.763 bits per heavy atom. The van der Waals surface area contributed by atoms with Gasteiger partial charge >= 0.3 is 0 Å². The van der Waals surface area contributed by atoms with E-state index in [2.05, 4.69) is 41.0 Å². The summed E-state index contributed by atoms with van der Waals surface area (Å²) in [6.45, 7) is 8.02. The Hall–Kier alpha value is -3.18. The average molecular weight is 517 g/mol. The lowest BCUT2D eigenvalue weighted by atomic mass is 9.92. The highest BCUT2D eigenvalue weighted by Crippen LogP contribution is 2.25. The van der Waals surface area contributed by atoms with Crippen molar-refractivity contribution in [2.45, 2.75) is 64.8 Å². The first-order valence-electron chi connectivity index (χ1n) is 14.4. The highest BCUT2D eigenvalue weighted by Gasteiger charge is 2.10. The second-order valence-electron chi connectivity index (χ2n) is 10.4. The molecule has 2 aliphatic rings. The first kappa shape index (κ1) is 27.8. The van der Waals surface area contributed by atoms with Gasteiger partial charge in [-0.15, -0.1) is 0 Å². The Balaban J connectivity index is 0.000000253. The number of ether oxygens (including phenoxy) is 1. The zero-order valence-corrected chi connectivity index (χ0v) is 22.9. The summed E-state index contributed by atoms with van der Waals surface area (Å²) in [7, 11) is 0. The quantitative estimate of drug-likeness (QED) is 0.339. The molecule has 5 nitrogen and oxygen atoms in total. The van der Waals surface area contributed by atoms with E-state index in [-0.39, 0.29) is 0 Å². The van der Waals surface area contributed by atoms with Crippen LogP contribution in [-0.2, 0) is 19.4 Å². The largest absolute Gasteiger partial charge is 0.508 e. The van der Waals surface area contributed by atoms with Crippen molar-refractivity contribution in [2.24, 2.45) is 0 Å². The van der Waals surface area contributed by atoms with Crippen LogP contribution in [0.1, 0.15) is 62.1 Å². The molecule has 1 saturated heterocycles. The summed E-state index contributed by atoms with van der Waals surface area (Å²) in [6.07, 6.45) is 10.3. The van der Waals surface area contributed by atoms with Crippen LogP contribution in [0, 0.1) is 0 Å². The minimum absolute atomic E-state index is 0.305. The van der Waals surface area contributed by atoms with E-state index in [1.807, 2.05) is 30.3 Å². The minimum Gasteiger partial charge on any atom is -0.508 e. The number of hydrogen-bond acceptors (Lipinski definition) is 5. The maximum atomic E-state index is 9.71. The van der Waals surface area contributed by atoms with Crippen molar-refractivity contribution in [3.05, 3.63) is 83.4 Å². The maximum absolute atomic E-state index is 9.71. The van der Waals surface area contributed by atoms with E-state index in [4.69, 9.17) is 4.74 Å². The first-order chi connectivity index (χ1) is 18.6. The zero-order valence-electron chi connectivity index (χ0n) is 22.9. The second-order valence-corrected chi connectivity index (χ2v) is 10.4. The SMILES string of the molecule is CCN(Cc1ccc(OCCN2CCCCCC2)cc1)c1cccc(O)c1.Oc1ccc2c(c1)CCCC2. The first-order valence-corrected chi connectivity index (χ1v) is 14.4. The molecule has 0 spiro atoms. The van der Waals surface area contributed by atoms with Gasteiger partial charge in [-0.3, -0.25) is 4.90 Å². The molecule has 5 heteroatoms. The van der Waals surface area contributed by atoms with Crippen LogP contribution in [0.25, 0.3) is 0 Å². The summed E-state index contributed by atoms with van der Waals surface area (Å²) in [5.41, 5.74) is 5.04. The van der Waals surface area contributed by atoms with Crippen molar-refractivity contribution in [3.63, 3.8) is 0 Å². The number of hydrogen-bond donors (Lipinski definition) is 2. The lowest BCUT2D eigenvalue weighted by Crippen LogP contribution is -2.29. The Bertz CT molecular complexity index is 1110. The van der Waals surface area contributed by atoms with Crippen molar-refractivity contribution in [3.8, 4) is 17.2 Å². The Kier molecular flexibility index (Phi) is 10.8. The number of rotatable bonds is 8. The second kappa shape index (κ2) is 14.7. The van der Waals surface area contributed by atoms with Gasteiger partial charge in [-0.1, -0.05) is 37.1 Å². The normalized spacial score (nSPS) is 15.5. The number of phenolic OH excluding ortho intramolecular Hbond substituents is 2. The molecule has 38 heavy (non-hydrogen) atoms. The molecule has 1 aliphatic carbocycles. The molecule has 2 N–H and O–H groups in total. The monoisotopic (exact) mass is 516 g/mol. The molecule has 0 amide bonds. The third kappa shape index (κ3) is 8.70. The third-order valence-corrected chi connectivity index (χ3v) is 7.58. The lowest BCUT2D eigenvalue weighted by molar-refractivity contribution is 0.214. The maximum Gasteiger partial charge on any atom is 0.119 e. The van der Waals surface area contributed by atoms with Crippen molar-refractivity contribution >= 4 is 5.69 Å². The lowest BCUT2D eigenvalue weighted by Gasteiger charge is -2.23. The molecule has 0 unspecified atom stereocenters. The van der Waals surface area contributed by atoms with E-state index in [1.54, 1.807) is 12.1 Å². The van der Waals surface area contributed by atoms with Crippen molar-refractivity contribution < 1.29 is 14.9 Å². The predicted octanol–water partition coefficient (Wildman–Crippen LogP) is 6.94. The Morgan fingerprint density at radius 3 is 2.18 bits per heavy atom. The van der Waals surface area contributed by atoms with Crippen molar-refractivity contribution in [1.82, 2.24) is 4.90 Å². The molecule has 5 rings (SSSR count). The number of aryl methyl sites for hydroxylation is 2. The average Bonchev–Trinajstić information content (AvgIpc) is 3.22. The van der Waals surface area contributed by atoms with E-state index in [0.717, 1.165) is 44.1 Å². The number of benzene rings is 3. The van der Waals surface area contributed by atoms with E-state index >= 15 is 0 Å². The smallest absolute Gasteiger partial charge is 0.119 e. The molecule has 0 bridgehead atoms. The molecular formula is C33H44N2O3.